The predicted molar refractivity (Wildman–Crippen MR) is 180 cm³/mol. The van der Waals surface area contributed by atoms with E-state index < -0.39 is 84.6 Å². The summed E-state index contributed by atoms with van der Waals surface area (Å²) < 4.78 is 60.4. The summed E-state index contributed by atoms with van der Waals surface area (Å²) in [7, 11) is -17.6. The third kappa shape index (κ3) is 13.2. The number of rotatable bonds is 21. The number of nitrogens with two attached hydrogens (primary N) is 1. The van der Waals surface area contributed by atoms with Crippen LogP contribution in [0.25, 0.3) is 11.2 Å². The van der Waals surface area contributed by atoms with Gasteiger partial charge in [0.2, 0.25) is 11.8 Å². The molecule has 0 radical (unpaired) electrons. The lowest BCUT2D eigenvalue weighted by molar-refractivity contribution is -0.347. The lowest BCUT2D eigenvalue weighted by Crippen LogP contribution is -2.46. The number of ether oxygens (including phenoxy) is 1. The quantitative estimate of drug-likeness (QED) is 0.0477. The van der Waals surface area contributed by atoms with Gasteiger partial charge >= 0.3 is 0 Å². The van der Waals surface area contributed by atoms with Crippen molar-refractivity contribution in [3.63, 3.8) is 0 Å². The SMILES string of the molecule is C=C1CC1CC(=O)SCCNC(=O)CCNC(=O)[C@H](O)C(C)(C)COP(=O)([O-])OP(=O)([O-])OC[C@H]1O[C@@H](n2cnc3c(N)ncnc32)[C@H](O)[C@@H]1OP(=O)([O-])[O-]. The highest BCUT2D eigenvalue weighted by molar-refractivity contribution is 8.13. The van der Waals surface area contributed by atoms with Crippen molar-refractivity contribution >= 4 is 69.1 Å². The van der Waals surface area contributed by atoms with E-state index in [2.05, 4.69) is 50.0 Å². The van der Waals surface area contributed by atoms with Gasteiger partial charge in [0.25, 0.3) is 15.6 Å². The summed E-state index contributed by atoms with van der Waals surface area (Å²) in [5.74, 6) is -0.951. The van der Waals surface area contributed by atoms with Crippen molar-refractivity contribution in [3.8, 4) is 0 Å². The smallest absolute Gasteiger partial charge is 0.274 e. The number of aliphatic hydroxyl groups is 2. The number of nitrogens with one attached hydrogen (secondary N) is 2. The second-order valence-electron chi connectivity index (χ2n) is 13.0. The fraction of sp³-hybridized carbons (Fsp3) is 0.630. The lowest BCUT2D eigenvalue weighted by Gasteiger charge is -2.36. The molecule has 1 saturated carbocycles. The molecule has 2 fully saturated rings. The monoisotopic (exact) mass is 857 g/mol. The molecule has 4 rings (SSSR count). The number of aromatic nitrogens is 4. The summed E-state index contributed by atoms with van der Waals surface area (Å²) in [4.78, 5) is 95.8. The second kappa shape index (κ2) is 18.3. The molecule has 6 N–H and O–H groups in total. The predicted octanol–water partition coefficient (Wildman–Crippen LogP) is -2.90. The average molecular weight is 858 g/mol. The fourth-order valence-electron chi connectivity index (χ4n) is 5.01. The maximum atomic E-state index is 12.5. The third-order valence-corrected chi connectivity index (χ3v) is 12.0. The molecule has 308 valence electrons. The van der Waals surface area contributed by atoms with E-state index >= 15 is 0 Å². The van der Waals surface area contributed by atoms with Crippen LogP contribution in [0, 0.1) is 11.3 Å². The molecular weight excluding hydrogens is 819 g/mol. The van der Waals surface area contributed by atoms with Gasteiger partial charge in [0, 0.05) is 37.1 Å². The number of aliphatic hydroxyl groups excluding tert-OH is 2. The number of phosphoric acid groups is 3. The Hall–Kier alpha value is -2.70. The van der Waals surface area contributed by atoms with Crippen LogP contribution in [0.2, 0.25) is 0 Å². The van der Waals surface area contributed by atoms with Crippen LogP contribution >= 0.6 is 35.2 Å². The molecule has 2 amide bonds. The molecule has 0 spiro atoms. The Morgan fingerprint density at radius 2 is 1.80 bits per heavy atom. The van der Waals surface area contributed by atoms with Crippen molar-refractivity contribution in [1.82, 2.24) is 30.2 Å². The molecule has 1 saturated heterocycles. The number of allylic oxidation sites excluding steroid dienone is 1. The standard InChI is InChI=1S/C27H42N7O17P3S/c1-14-8-15(14)9-18(36)55-7-6-29-17(35)4-5-30-25(39)22(38)27(2,3)11-48-54(45,46)51-53(43,44)47-10-16-21(50-52(40,41)42)20(37)26(49-16)34-13-33-19-23(28)31-12-32-24(19)34/h12-13,15-16,20-22,26,37-38H,1,4-11H2,2-3H3,(H,29,35)(H,30,39)(H,43,44)(H,45,46)(H2,28,31,32)(H2,40,41,42)/p-4/t15?,16-,20-,21-,22+,26-/m1/s1. The Morgan fingerprint density at radius 1 is 1.13 bits per heavy atom. The van der Waals surface area contributed by atoms with E-state index in [1.165, 1.54) is 13.8 Å². The number of carbonyl (C=O) groups excluding carboxylic acids is 3. The molecular formula is C27H38N7O17P3S-4. The van der Waals surface area contributed by atoms with Crippen LogP contribution in [0.1, 0.15) is 39.3 Å². The number of phosphoric ester groups is 3. The molecule has 1 aliphatic carbocycles. The summed E-state index contributed by atoms with van der Waals surface area (Å²) in [5.41, 5.74) is 5.12. The Balaban J connectivity index is 1.23. The van der Waals surface area contributed by atoms with Crippen LogP contribution < -0.4 is 35.9 Å². The van der Waals surface area contributed by atoms with Gasteiger partial charge in [0.05, 0.1) is 27.4 Å². The van der Waals surface area contributed by atoms with Crippen molar-refractivity contribution in [3.05, 3.63) is 24.8 Å². The van der Waals surface area contributed by atoms with E-state index in [1.807, 2.05) is 0 Å². The Morgan fingerprint density at radius 3 is 2.45 bits per heavy atom. The Labute approximate surface area is 317 Å². The van der Waals surface area contributed by atoms with E-state index in [9.17, 15) is 57.9 Å². The highest BCUT2D eigenvalue weighted by atomic mass is 32.2. The van der Waals surface area contributed by atoms with Gasteiger partial charge in [-0.3, -0.25) is 28.1 Å². The van der Waals surface area contributed by atoms with Gasteiger partial charge in [-0.15, -0.1) is 0 Å². The van der Waals surface area contributed by atoms with Crippen LogP contribution in [0.3, 0.4) is 0 Å². The van der Waals surface area contributed by atoms with E-state index in [4.69, 9.17) is 10.5 Å². The van der Waals surface area contributed by atoms with Gasteiger partial charge in [-0.25, -0.2) is 19.3 Å². The number of nitrogens with zero attached hydrogens (tertiary/aromatic N) is 4. The minimum absolute atomic E-state index is 0.00136. The Bertz CT molecular complexity index is 1900. The molecule has 3 heterocycles. The Kier molecular flexibility index (Phi) is 14.9. The van der Waals surface area contributed by atoms with Crippen LogP contribution in [0.5, 0.6) is 0 Å². The van der Waals surface area contributed by atoms with Gasteiger partial charge in [0.1, 0.15) is 36.3 Å². The van der Waals surface area contributed by atoms with E-state index in [1.54, 1.807) is 0 Å². The molecule has 2 aliphatic rings. The fourth-order valence-corrected chi connectivity index (χ4v) is 8.49. The third-order valence-electron chi connectivity index (χ3n) is 8.08. The molecule has 0 aromatic carbocycles. The first-order valence-corrected chi connectivity index (χ1v) is 21.5. The number of anilines is 1. The number of hydrogen-bond donors (Lipinski definition) is 5. The van der Waals surface area contributed by atoms with E-state index in [0.717, 1.165) is 41.0 Å². The normalized spacial score (nSPS) is 24.2. The van der Waals surface area contributed by atoms with Crippen molar-refractivity contribution in [2.75, 3.05) is 37.8 Å². The van der Waals surface area contributed by atoms with Crippen molar-refractivity contribution in [2.45, 2.75) is 63.8 Å². The van der Waals surface area contributed by atoms with Gasteiger partial charge < -0.3 is 69.0 Å². The highest BCUT2D eigenvalue weighted by Crippen LogP contribution is 2.56. The van der Waals surface area contributed by atoms with E-state index in [0.29, 0.717) is 12.2 Å². The number of nitrogen functional groups attached to an aromatic ring is 1. The van der Waals surface area contributed by atoms with Crippen molar-refractivity contribution < 1.29 is 80.5 Å². The van der Waals surface area contributed by atoms with Crippen LogP contribution in [0.15, 0.2) is 24.8 Å². The number of thioether (sulfide) groups is 1. The first-order chi connectivity index (χ1) is 25.5. The minimum atomic E-state index is -5.91. The number of imidazole rings is 1. The van der Waals surface area contributed by atoms with Crippen molar-refractivity contribution in [1.29, 1.82) is 0 Å². The molecule has 2 aromatic heterocycles. The van der Waals surface area contributed by atoms with E-state index in [-0.39, 0.29) is 47.5 Å². The average Bonchev–Trinajstić information content (AvgIpc) is 3.45. The van der Waals surface area contributed by atoms with Gasteiger partial charge in [-0.05, 0) is 12.3 Å². The zero-order valence-electron chi connectivity index (χ0n) is 29.1. The van der Waals surface area contributed by atoms with Gasteiger partial charge in [-0.1, -0.05) is 37.8 Å². The van der Waals surface area contributed by atoms with Crippen LogP contribution in [0.4, 0.5) is 5.82 Å². The van der Waals surface area contributed by atoms with Crippen molar-refractivity contribution in [2.24, 2.45) is 11.3 Å². The lowest BCUT2D eigenvalue weighted by atomic mass is 9.87. The zero-order chi connectivity index (χ0) is 40.9. The molecule has 24 nitrogen and oxygen atoms in total. The second-order valence-corrected chi connectivity index (χ2v) is 18.2. The summed E-state index contributed by atoms with van der Waals surface area (Å²) in [6.45, 7) is 3.92. The molecule has 55 heavy (non-hydrogen) atoms. The summed E-state index contributed by atoms with van der Waals surface area (Å²) in [6.07, 6.45) is -6.32. The number of fused-ring (bicyclic) bond motifs is 1. The number of hydrogen-bond acceptors (Lipinski definition) is 22. The molecule has 28 heteroatoms. The first kappa shape index (κ1) is 45.0. The minimum Gasteiger partial charge on any atom is -0.790 e. The maximum Gasteiger partial charge on any atom is 0.274 e. The topological polar surface area (TPSA) is 375 Å². The molecule has 2 aromatic rings. The summed E-state index contributed by atoms with van der Waals surface area (Å²) in [6, 6.07) is 0. The molecule has 3 unspecified atom stereocenters. The van der Waals surface area contributed by atoms with Crippen LogP contribution in [-0.2, 0) is 50.7 Å². The first-order valence-electron chi connectivity index (χ1n) is 16.1. The summed E-state index contributed by atoms with van der Waals surface area (Å²) in [5, 5.41) is 26.2. The molecule has 0 bridgehead atoms. The maximum absolute atomic E-state index is 12.5. The number of carbonyl (C=O) groups is 3. The largest absolute Gasteiger partial charge is 0.790 e. The molecule has 1 aliphatic heterocycles. The van der Waals surface area contributed by atoms with Crippen LogP contribution in [-0.4, -0.2) is 103 Å². The molecule has 8 atom stereocenters. The highest BCUT2D eigenvalue weighted by Gasteiger charge is 2.47. The number of amides is 2. The summed E-state index contributed by atoms with van der Waals surface area (Å²) >= 11 is 1.09. The zero-order valence-corrected chi connectivity index (χ0v) is 32.6. The van der Waals surface area contributed by atoms with Gasteiger partial charge in [0.15, 0.2) is 22.8 Å². The van der Waals surface area contributed by atoms with Gasteiger partial charge in [-0.2, -0.15) is 0 Å².